The van der Waals surface area contributed by atoms with Crippen molar-refractivity contribution in [1.29, 1.82) is 0 Å². The van der Waals surface area contributed by atoms with E-state index in [1.807, 2.05) is 30.3 Å². The first-order valence-corrected chi connectivity index (χ1v) is 11.8. The molecule has 118 valence electrons. The van der Waals surface area contributed by atoms with Crippen LogP contribution in [-0.2, 0) is 11.5 Å². The van der Waals surface area contributed by atoms with Crippen LogP contribution in [0.4, 0.5) is 0 Å². The van der Waals surface area contributed by atoms with Gasteiger partial charge in [-0.25, -0.2) is 4.98 Å². The van der Waals surface area contributed by atoms with Crippen LogP contribution in [0.5, 0.6) is 0 Å². The highest BCUT2D eigenvalue weighted by Gasteiger charge is 2.17. The molecule has 0 spiro atoms. The Labute approximate surface area is 140 Å². The number of carbonyl (C=O) groups excluding carboxylic acids is 1. The van der Waals surface area contributed by atoms with Crippen LogP contribution in [0, 0.1) is 0 Å². The Balaban J connectivity index is 2.14. The van der Waals surface area contributed by atoms with Crippen LogP contribution < -0.4 is 0 Å². The zero-order valence-electron chi connectivity index (χ0n) is 13.2. The third kappa shape index (κ3) is 4.38. The highest BCUT2D eigenvalue weighted by molar-refractivity contribution is 9.10. The van der Waals surface area contributed by atoms with E-state index in [0.29, 0.717) is 19.2 Å². The summed E-state index contributed by atoms with van der Waals surface area (Å²) >= 11 is 3.54. The largest absolute Gasteiger partial charge is 0.361 e. The molecule has 0 N–H and O–H groups in total. The van der Waals surface area contributed by atoms with Crippen molar-refractivity contribution >= 4 is 30.3 Å². The van der Waals surface area contributed by atoms with E-state index in [1.54, 1.807) is 4.57 Å². The third-order valence-electron chi connectivity index (χ3n) is 3.30. The van der Waals surface area contributed by atoms with Crippen molar-refractivity contribution in [3.05, 3.63) is 40.8 Å². The van der Waals surface area contributed by atoms with Crippen LogP contribution in [-0.4, -0.2) is 30.5 Å². The summed E-state index contributed by atoms with van der Waals surface area (Å²) in [6, 6.07) is 10.9. The summed E-state index contributed by atoms with van der Waals surface area (Å²) in [6.07, 6.45) is 0.763. The minimum atomic E-state index is -1.11. The molecule has 0 radical (unpaired) electrons. The van der Waals surface area contributed by atoms with Gasteiger partial charge in [0.15, 0.2) is 12.1 Å². The molecular weight excluding hydrogens is 360 g/mol. The predicted molar refractivity (Wildman–Crippen MR) is 94.9 cm³/mol. The third-order valence-corrected chi connectivity index (χ3v) is 5.81. The summed E-state index contributed by atoms with van der Waals surface area (Å²) in [5.41, 5.74) is 1.73. The molecule has 1 heterocycles. The van der Waals surface area contributed by atoms with Gasteiger partial charge in [-0.1, -0.05) is 50.0 Å². The van der Waals surface area contributed by atoms with Gasteiger partial charge in [0.2, 0.25) is 0 Å². The topological polar surface area (TPSA) is 44.1 Å². The number of ether oxygens (including phenoxy) is 1. The van der Waals surface area contributed by atoms with E-state index in [4.69, 9.17) is 4.74 Å². The fourth-order valence-electron chi connectivity index (χ4n) is 1.98. The smallest absolute Gasteiger partial charge is 0.185 e. The van der Waals surface area contributed by atoms with Gasteiger partial charge in [0.1, 0.15) is 17.0 Å². The second kappa shape index (κ2) is 7.35. The summed E-state index contributed by atoms with van der Waals surface area (Å²) in [7, 11) is -1.11. The van der Waals surface area contributed by atoms with Crippen LogP contribution in [0.25, 0.3) is 11.3 Å². The molecule has 2 rings (SSSR count). The van der Waals surface area contributed by atoms with Crippen molar-refractivity contribution in [3.8, 4) is 11.3 Å². The number of hydrogen-bond acceptors (Lipinski definition) is 3. The highest BCUT2D eigenvalue weighted by atomic mass is 79.9. The average Bonchev–Trinajstić information content (AvgIpc) is 2.80. The molecule has 0 aliphatic carbocycles. The fourth-order valence-corrected chi connectivity index (χ4v) is 3.33. The molecule has 0 atom stereocenters. The lowest BCUT2D eigenvalue weighted by Gasteiger charge is -2.16. The molecule has 0 saturated heterocycles. The van der Waals surface area contributed by atoms with E-state index in [2.05, 4.69) is 40.6 Å². The van der Waals surface area contributed by atoms with Gasteiger partial charge in [-0.2, -0.15) is 0 Å². The van der Waals surface area contributed by atoms with E-state index in [9.17, 15) is 4.79 Å². The van der Waals surface area contributed by atoms with Crippen molar-refractivity contribution in [2.45, 2.75) is 32.4 Å². The number of aromatic nitrogens is 2. The number of halogens is 1. The maximum atomic E-state index is 11.3. The average molecular weight is 381 g/mol. The molecule has 0 aliphatic heterocycles. The molecule has 2 aromatic rings. The molecule has 0 aliphatic rings. The maximum absolute atomic E-state index is 11.3. The summed E-state index contributed by atoms with van der Waals surface area (Å²) < 4.78 is 8.27. The van der Waals surface area contributed by atoms with Crippen LogP contribution in [0.3, 0.4) is 0 Å². The van der Waals surface area contributed by atoms with Crippen LogP contribution in [0.15, 0.2) is 34.9 Å². The first kappa shape index (κ1) is 17.1. The molecule has 0 saturated carbocycles. The monoisotopic (exact) mass is 380 g/mol. The lowest BCUT2D eigenvalue weighted by Crippen LogP contribution is -2.22. The second-order valence-corrected chi connectivity index (χ2v) is 12.7. The van der Waals surface area contributed by atoms with Gasteiger partial charge in [0.05, 0.1) is 0 Å². The molecule has 1 aromatic heterocycles. The number of aldehydes is 1. The molecule has 0 bridgehead atoms. The lowest BCUT2D eigenvalue weighted by atomic mass is 10.2. The van der Waals surface area contributed by atoms with E-state index in [1.165, 1.54) is 0 Å². The van der Waals surface area contributed by atoms with Gasteiger partial charge < -0.3 is 4.74 Å². The van der Waals surface area contributed by atoms with Gasteiger partial charge in [0, 0.05) is 20.2 Å². The SMILES string of the molecule is C[Si](C)(C)CCOCn1c(C=O)nc(-c2ccccc2)c1Br. The maximum Gasteiger partial charge on any atom is 0.185 e. The Morgan fingerprint density at radius 2 is 1.95 bits per heavy atom. The van der Waals surface area contributed by atoms with Crippen molar-refractivity contribution < 1.29 is 9.53 Å². The van der Waals surface area contributed by atoms with Gasteiger partial charge in [-0.15, -0.1) is 0 Å². The van der Waals surface area contributed by atoms with Crippen LogP contribution in [0.1, 0.15) is 10.6 Å². The van der Waals surface area contributed by atoms with Crippen molar-refractivity contribution in [1.82, 2.24) is 9.55 Å². The van der Waals surface area contributed by atoms with E-state index in [0.717, 1.165) is 28.2 Å². The molecule has 0 unspecified atom stereocenters. The van der Waals surface area contributed by atoms with E-state index < -0.39 is 8.07 Å². The van der Waals surface area contributed by atoms with Crippen molar-refractivity contribution in [2.75, 3.05) is 6.61 Å². The Hall–Kier alpha value is -1.24. The molecule has 1 aromatic carbocycles. The molecule has 0 amide bonds. The zero-order chi connectivity index (χ0) is 16.2. The Morgan fingerprint density at radius 3 is 2.55 bits per heavy atom. The van der Waals surface area contributed by atoms with Gasteiger partial charge in [0.25, 0.3) is 0 Å². The van der Waals surface area contributed by atoms with Gasteiger partial charge in [-0.05, 0) is 22.0 Å². The fraction of sp³-hybridized carbons (Fsp3) is 0.375. The molecular formula is C16H21BrN2O2Si. The number of imidazole rings is 1. The summed E-state index contributed by atoms with van der Waals surface area (Å²) in [5, 5.41) is 0. The number of nitrogens with zero attached hydrogens (tertiary/aromatic N) is 2. The minimum Gasteiger partial charge on any atom is -0.361 e. The van der Waals surface area contributed by atoms with E-state index >= 15 is 0 Å². The molecule has 6 heteroatoms. The van der Waals surface area contributed by atoms with Crippen molar-refractivity contribution in [3.63, 3.8) is 0 Å². The van der Waals surface area contributed by atoms with Gasteiger partial charge in [-0.3, -0.25) is 9.36 Å². The molecule has 4 nitrogen and oxygen atoms in total. The molecule has 22 heavy (non-hydrogen) atoms. The second-order valence-electron chi connectivity index (χ2n) is 6.37. The quantitative estimate of drug-likeness (QED) is 0.405. The first-order chi connectivity index (χ1) is 10.4. The highest BCUT2D eigenvalue weighted by Crippen LogP contribution is 2.28. The number of benzene rings is 1. The summed E-state index contributed by atoms with van der Waals surface area (Å²) in [4.78, 5) is 15.7. The number of carbonyl (C=O) groups is 1. The summed E-state index contributed by atoms with van der Waals surface area (Å²) in [6.45, 7) is 7.98. The number of rotatable bonds is 7. The van der Waals surface area contributed by atoms with Crippen molar-refractivity contribution in [2.24, 2.45) is 0 Å². The molecule has 0 fully saturated rings. The minimum absolute atomic E-state index is 0.332. The lowest BCUT2D eigenvalue weighted by molar-refractivity contribution is 0.0819. The summed E-state index contributed by atoms with van der Waals surface area (Å²) in [5.74, 6) is 0.374. The number of hydrogen-bond donors (Lipinski definition) is 0. The normalized spacial score (nSPS) is 11.6. The van der Waals surface area contributed by atoms with Gasteiger partial charge >= 0.3 is 0 Å². The first-order valence-electron chi connectivity index (χ1n) is 7.27. The Morgan fingerprint density at radius 1 is 1.27 bits per heavy atom. The Bertz CT molecular complexity index is 636. The van der Waals surface area contributed by atoms with Crippen LogP contribution in [0.2, 0.25) is 25.7 Å². The Kier molecular flexibility index (Phi) is 5.72. The predicted octanol–water partition coefficient (Wildman–Crippen LogP) is 4.44. The standard InChI is InChI=1S/C16H21BrN2O2Si/c1-22(2,3)10-9-21-12-19-14(11-20)18-15(16(19)17)13-7-5-4-6-8-13/h4-8,11H,9-10,12H2,1-3H3. The van der Waals surface area contributed by atoms with E-state index in [-0.39, 0.29) is 0 Å². The zero-order valence-corrected chi connectivity index (χ0v) is 15.8. The van der Waals surface area contributed by atoms with Crippen LogP contribution >= 0.6 is 15.9 Å².